The number of nitrogens with zero attached hydrogens (tertiary/aromatic N) is 2. The average Bonchev–Trinajstić information content (AvgIpc) is 3.15. The van der Waals surface area contributed by atoms with Crippen LogP contribution in [0.1, 0.15) is 44.1 Å². The van der Waals surface area contributed by atoms with Gasteiger partial charge in [-0.3, -0.25) is 4.99 Å². The number of benzene rings is 1. The number of guanidine groups is 1. The van der Waals surface area contributed by atoms with Crippen LogP contribution in [0.4, 0.5) is 5.69 Å². The van der Waals surface area contributed by atoms with E-state index >= 15 is 0 Å². The smallest absolute Gasteiger partial charge is 0.190 e. The maximum atomic E-state index is 5.33. The van der Waals surface area contributed by atoms with Crippen molar-refractivity contribution in [3.8, 4) is 0 Å². The molecule has 5 nitrogen and oxygen atoms in total. The SMILES string of the molecule is CN=C(NCCCc1ccc(N(C)C)cc1)NCC1(CCOC)CCCC1. The van der Waals surface area contributed by atoms with Crippen molar-refractivity contribution in [2.75, 3.05) is 52.8 Å². The van der Waals surface area contributed by atoms with Gasteiger partial charge in [0.05, 0.1) is 0 Å². The van der Waals surface area contributed by atoms with Crippen molar-refractivity contribution >= 4 is 11.6 Å². The van der Waals surface area contributed by atoms with Crippen LogP contribution in [0, 0.1) is 5.41 Å². The Balaban J connectivity index is 1.70. The molecular weight excluding hydrogens is 336 g/mol. The Morgan fingerprint density at radius 1 is 1.15 bits per heavy atom. The van der Waals surface area contributed by atoms with E-state index in [1.807, 2.05) is 7.05 Å². The van der Waals surface area contributed by atoms with Gasteiger partial charge in [0.1, 0.15) is 0 Å². The van der Waals surface area contributed by atoms with Crippen LogP contribution in [0.5, 0.6) is 0 Å². The summed E-state index contributed by atoms with van der Waals surface area (Å²) in [7, 11) is 7.79. The molecule has 2 N–H and O–H groups in total. The lowest BCUT2D eigenvalue weighted by atomic mass is 9.83. The van der Waals surface area contributed by atoms with Gasteiger partial charge in [0.25, 0.3) is 0 Å². The molecule has 0 atom stereocenters. The Labute approximate surface area is 165 Å². The van der Waals surface area contributed by atoms with E-state index in [0.29, 0.717) is 5.41 Å². The van der Waals surface area contributed by atoms with Crippen molar-refractivity contribution in [3.63, 3.8) is 0 Å². The van der Waals surface area contributed by atoms with Crippen LogP contribution >= 0.6 is 0 Å². The lowest BCUT2D eigenvalue weighted by molar-refractivity contribution is 0.138. The molecule has 1 aromatic rings. The third kappa shape index (κ3) is 7.06. The van der Waals surface area contributed by atoms with Crippen molar-refractivity contribution in [3.05, 3.63) is 29.8 Å². The number of nitrogens with one attached hydrogen (secondary N) is 2. The zero-order valence-electron chi connectivity index (χ0n) is 17.7. The minimum absolute atomic E-state index is 0.377. The van der Waals surface area contributed by atoms with Crippen LogP contribution < -0.4 is 15.5 Å². The highest BCUT2D eigenvalue weighted by Crippen LogP contribution is 2.40. The highest BCUT2D eigenvalue weighted by atomic mass is 16.5. The fourth-order valence-corrected chi connectivity index (χ4v) is 3.91. The van der Waals surface area contributed by atoms with Crippen molar-refractivity contribution in [1.29, 1.82) is 0 Å². The summed E-state index contributed by atoms with van der Waals surface area (Å²) < 4.78 is 5.33. The predicted molar refractivity (Wildman–Crippen MR) is 116 cm³/mol. The van der Waals surface area contributed by atoms with Crippen molar-refractivity contribution in [2.45, 2.75) is 44.9 Å². The number of ether oxygens (including phenoxy) is 1. The van der Waals surface area contributed by atoms with Crippen LogP contribution in [-0.4, -0.2) is 53.9 Å². The molecule has 0 aromatic heterocycles. The molecule has 152 valence electrons. The molecule has 0 heterocycles. The van der Waals surface area contributed by atoms with Crippen LogP contribution in [0.15, 0.2) is 29.3 Å². The molecule has 0 bridgehead atoms. The molecule has 1 aliphatic carbocycles. The first-order valence-electron chi connectivity index (χ1n) is 10.3. The molecule has 0 radical (unpaired) electrons. The van der Waals surface area contributed by atoms with Gasteiger partial charge in [-0.05, 0) is 55.2 Å². The molecule has 0 saturated heterocycles. The van der Waals surface area contributed by atoms with E-state index in [2.05, 4.69) is 58.9 Å². The molecule has 1 aromatic carbocycles. The standard InChI is InChI=1S/C22H38N4O/c1-23-21(25-18-22(15-17-27-4)13-5-6-14-22)24-16-7-8-19-9-11-20(12-10-19)26(2)3/h9-12H,5-8,13-18H2,1-4H3,(H2,23,24,25). The number of aliphatic imine (C=N–C) groups is 1. The van der Waals surface area contributed by atoms with Crippen molar-refractivity contribution in [2.24, 2.45) is 10.4 Å². The number of methoxy groups -OCH3 is 1. The molecule has 0 spiro atoms. The number of rotatable bonds is 10. The summed E-state index contributed by atoms with van der Waals surface area (Å²) in [6.45, 7) is 2.77. The van der Waals surface area contributed by atoms with Crippen LogP contribution in [0.2, 0.25) is 0 Å². The van der Waals surface area contributed by atoms with E-state index in [1.165, 1.54) is 36.9 Å². The van der Waals surface area contributed by atoms with Gasteiger partial charge in [0, 0.05) is 53.6 Å². The highest BCUT2D eigenvalue weighted by molar-refractivity contribution is 5.79. The Morgan fingerprint density at radius 2 is 1.85 bits per heavy atom. The third-order valence-corrected chi connectivity index (χ3v) is 5.74. The number of hydrogen-bond acceptors (Lipinski definition) is 3. The monoisotopic (exact) mass is 374 g/mol. The average molecular weight is 375 g/mol. The van der Waals surface area contributed by atoms with E-state index in [9.17, 15) is 0 Å². The lowest BCUT2D eigenvalue weighted by Gasteiger charge is -2.30. The van der Waals surface area contributed by atoms with Gasteiger partial charge in [-0.2, -0.15) is 0 Å². The van der Waals surface area contributed by atoms with Gasteiger partial charge in [0.15, 0.2) is 5.96 Å². The molecule has 0 amide bonds. The zero-order chi connectivity index (χ0) is 19.5. The summed E-state index contributed by atoms with van der Waals surface area (Å²) in [4.78, 5) is 6.52. The van der Waals surface area contributed by atoms with Gasteiger partial charge in [-0.15, -0.1) is 0 Å². The topological polar surface area (TPSA) is 48.9 Å². The summed E-state index contributed by atoms with van der Waals surface area (Å²) in [6.07, 6.45) is 8.57. The van der Waals surface area contributed by atoms with E-state index in [-0.39, 0.29) is 0 Å². The van der Waals surface area contributed by atoms with E-state index in [0.717, 1.165) is 44.9 Å². The molecule has 1 saturated carbocycles. The Kier molecular flexibility index (Phi) is 8.92. The first kappa shape index (κ1) is 21.5. The summed E-state index contributed by atoms with van der Waals surface area (Å²) in [6, 6.07) is 8.82. The molecular formula is C22H38N4O. The van der Waals surface area contributed by atoms with E-state index < -0.39 is 0 Å². The summed E-state index contributed by atoms with van der Waals surface area (Å²) in [5, 5.41) is 7.02. The first-order valence-corrected chi connectivity index (χ1v) is 10.3. The second kappa shape index (κ2) is 11.2. The third-order valence-electron chi connectivity index (χ3n) is 5.74. The van der Waals surface area contributed by atoms with Gasteiger partial charge < -0.3 is 20.3 Å². The molecule has 2 rings (SSSR count). The molecule has 27 heavy (non-hydrogen) atoms. The summed E-state index contributed by atoms with van der Waals surface area (Å²) >= 11 is 0. The Bertz CT molecular complexity index is 562. The minimum atomic E-state index is 0.377. The first-order chi connectivity index (χ1) is 13.1. The molecule has 5 heteroatoms. The molecule has 0 unspecified atom stereocenters. The Hall–Kier alpha value is -1.75. The van der Waals surface area contributed by atoms with Crippen LogP contribution in [0.3, 0.4) is 0 Å². The number of aryl methyl sites for hydroxylation is 1. The zero-order valence-corrected chi connectivity index (χ0v) is 17.7. The van der Waals surface area contributed by atoms with E-state index in [4.69, 9.17) is 4.74 Å². The normalized spacial score (nSPS) is 16.4. The maximum absolute atomic E-state index is 5.33. The molecule has 1 aliphatic rings. The fourth-order valence-electron chi connectivity index (χ4n) is 3.91. The number of anilines is 1. The molecule has 1 fully saturated rings. The second-order valence-corrected chi connectivity index (χ2v) is 7.97. The number of hydrogen-bond donors (Lipinski definition) is 2. The van der Waals surface area contributed by atoms with Gasteiger partial charge in [-0.1, -0.05) is 25.0 Å². The van der Waals surface area contributed by atoms with Gasteiger partial charge in [-0.25, -0.2) is 0 Å². The van der Waals surface area contributed by atoms with Crippen molar-refractivity contribution < 1.29 is 4.74 Å². The molecule has 0 aliphatic heterocycles. The quantitative estimate of drug-likeness (QED) is 0.374. The van der Waals surface area contributed by atoms with Crippen LogP contribution in [0.25, 0.3) is 0 Å². The fraction of sp³-hybridized carbons (Fsp3) is 0.682. The van der Waals surface area contributed by atoms with Crippen LogP contribution in [-0.2, 0) is 11.2 Å². The van der Waals surface area contributed by atoms with Gasteiger partial charge in [0.2, 0.25) is 0 Å². The minimum Gasteiger partial charge on any atom is -0.385 e. The van der Waals surface area contributed by atoms with Crippen molar-refractivity contribution in [1.82, 2.24) is 10.6 Å². The second-order valence-electron chi connectivity index (χ2n) is 7.97. The maximum Gasteiger partial charge on any atom is 0.190 e. The van der Waals surface area contributed by atoms with E-state index in [1.54, 1.807) is 7.11 Å². The predicted octanol–water partition coefficient (Wildman–Crippen LogP) is 3.45. The highest BCUT2D eigenvalue weighted by Gasteiger charge is 2.33. The Morgan fingerprint density at radius 3 is 2.44 bits per heavy atom. The summed E-state index contributed by atoms with van der Waals surface area (Å²) in [5.41, 5.74) is 3.01. The van der Waals surface area contributed by atoms with Gasteiger partial charge >= 0.3 is 0 Å². The lowest BCUT2D eigenvalue weighted by Crippen LogP contribution is -2.43. The summed E-state index contributed by atoms with van der Waals surface area (Å²) in [5.74, 6) is 0.918. The largest absolute Gasteiger partial charge is 0.385 e.